The van der Waals surface area contributed by atoms with Gasteiger partial charge in [0, 0.05) is 36.2 Å². The van der Waals surface area contributed by atoms with Gasteiger partial charge < -0.3 is 5.32 Å². The highest BCUT2D eigenvalue weighted by Crippen LogP contribution is 3.02. The molecule has 1 unspecified atom stereocenters. The second kappa shape index (κ2) is 9.93. The number of nitrogens with one attached hydrogen (secondary N) is 1. The average molecular weight is 576 g/mol. The lowest BCUT2D eigenvalue weighted by Gasteiger charge is -2.41. The van der Waals surface area contributed by atoms with Crippen LogP contribution in [-0.4, -0.2) is 40.3 Å². The molecule has 212 valence electrons. The Morgan fingerprint density at radius 2 is 1.79 bits per heavy atom. The van der Waals surface area contributed by atoms with Crippen LogP contribution in [0.5, 0.6) is 0 Å². The molecule has 1 aromatic carbocycles. The fraction of sp³-hybridized carbons (Fsp3) is 0.440. The number of carbonyl (C=O) groups excluding carboxylic acids is 2. The molecule has 1 saturated carbocycles. The number of nitrogens with zero attached hydrogens (tertiary/aromatic N) is 4. The molecule has 2 fully saturated rings. The molecular formula is C25H27F6N5O2S. The summed E-state index contributed by atoms with van der Waals surface area (Å²) in [6.45, 7) is 0.226. The first-order valence-corrected chi connectivity index (χ1v) is 14.4. The van der Waals surface area contributed by atoms with Crippen LogP contribution in [-0.2, 0) is 9.59 Å². The van der Waals surface area contributed by atoms with E-state index in [1.807, 2.05) is 6.19 Å². The van der Waals surface area contributed by atoms with Crippen molar-refractivity contribution >= 4 is 27.7 Å². The standard InChI is InChI=1S/C25H27F6N5O2S/c26-20-14-19(10-11-22(20)39(27,28,29,30)31)36(25(38)21-9-5-13-35(21)16-32)23(17-6-4-12-33-15-17)24(37)34-18-7-2-1-3-8-18/h4,6,10-12,14-15,18,21,23H,1-3,5,7-9,13H2,(H,34,37)/t21-,23?/m1/s1. The maximum absolute atomic E-state index is 14.7. The van der Waals surface area contributed by atoms with Crippen LogP contribution in [0.2, 0.25) is 0 Å². The molecule has 39 heavy (non-hydrogen) atoms. The molecule has 4 rings (SSSR count). The van der Waals surface area contributed by atoms with Gasteiger partial charge in [-0.25, -0.2) is 4.39 Å². The van der Waals surface area contributed by atoms with Crippen molar-refractivity contribution in [2.75, 3.05) is 11.4 Å². The lowest BCUT2D eigenvalue weighted by atomic mass is 9.94. The van der Waals surface area contributed by atoms with Gasteiger partial charge in [-0.05, 0) is 49.9 Å². The lowest BCUT2D eigenvalue weighted by molar-refractivity contribution is -0.128. The van der Waals surface area contributed by atoms with E-state index in [1.54, 1.807) is 0 Å². The van der Waals surface area contributed by atoms with Crippen molar-refractivity contribution in [2.24, 2.45) is 0 Å². The van der Waals surface area contributed by atoms with E-state index in [-0.39, 0.29) is 36.7 Å². The van der Waals surface area contributed by atoms with Gasteiger partial charge >= 0.3 is 10.2 Å². The zero-order valence-electron chi connectivity index (χ0n) is 20.7. The summed E-state index contributed by atoms with van der Waals surface area (Å²) < 4.78 is 81.8. The van der Waals surface area contributed by atoms with Crippen LogP contribution in [0.25, 0.3) is 0 Å². The van der Waals surface area contributed by atoms with E-state index in [1.165, 1.54) is 24.5 Å². The van der Waals surface area contributed by atoms with Gasteiger partial charge in [-0.3, -0.25) is 24.4 Å². The molecular weight excluding hydrogens is 548 g/mol. The van der Waals surface area contributed by atoms with Gasteiger partial charge in [0.1, 0.15) is 22.8 Å². The van der Waals surface area contributed by atoms with Crippen LogP contribution in [0, 0.1) is 17.3 Å². The Balaban J connectivity index is 1.85. The summed E-state index contributed by atoms with van der Waals surface area (Å²) in [4.78, 5) is 30.8. The second-order valence-electron chi connectivity index (χ2n) is 9.78. The smallest absolute Gasteiger partial charge is 0.313 e. The first kappa shape index (κ1) is 28.5. The molecule has 0 bridgehead atoms. The highest BCUT2D eigenvalue weighted by Gasteiger charge is 2.67. The number of amides is 2. The Kier molecular flexibility index (Phi) is 7.26. The van der Waals surface area contributed by atoms with Gasteiger partial charge in [-0.15, -0.1) is 0 Å². The van der Waals surface area contributed by atoms with Crippen molar-refractivity contribution in [3.8, 4) is 6.19 Å². The normalized spacial score (nSPS) is 20.8. The topological polar surface area (TPSA) is 89.3 Å². The van der Waals surface area contributed by atoms with Crippen molar-refractivity contribution in [3.05, 3.63) is 54.1 Å². The largest absolute Gasteiger partial charge is 0.351 e. The summed E-state index contributed by atoms with van der Waals surface area (Å²) in [6.07, 6.45) is 9.29. The third-order valence-electron chi connectivity index (χ3n) is 6.97. The number of halogens is 6. The summed E-state index contributed by atoms with van der Waals surface area (Å²) in [5.41, 5.74) is -0.376. The number of rotatable bonds is 7. The lowest BCUT2D eigenvalue weighted by Crippen LogP contribution is -2.51. The molecule has 0 spiro atoms. The molecule has 1 aromatic heterocycles. The Bertz CT molecular complexity index is 1280. The van der Waals surface area contributed by atoms with Gasteiger partial charge in [0.2, 0.25) is 5.91 Å². The number of likely N-dealkylation sites (tertiary alicyclic amines) is 1. The third-order valence-corrected chi connectivity index (χ3v) is 8.13. The number of nitriles is 1. The highest BCUT2D eigenvalue weighted by atomic mass is 32.5. The number of hydrogen-bond acceptors (Lipinski definition) is 5. The highest BCUT2D eigenvalue weighted by molar-refractivity contribution is 8.45. The molecule has 7 nitrogen and oxygen atoms in total. The minimum atomic E-state index is -10.4. The fourth-order valence-electron chi connectivity index (χ4n) is 5.14. The van der Waals surface area contributed by atoms with Gasteiger partial charge in [-0.2, -0.15) is 5.26 Å². The molecule has 2 aromatic rings. The van der Waals surface area contributed by atoms with Crippen LogP contribution in [0.3, 0.4) is 0 Å². The van der Waals surface area contributed by atoms with E-state index >= 15 is 0 Å². The van der Waals surface area contributed by atoms with Crippen LogP contribution >= 0.6 is 10.2 Å². The van der Waals surface area contributed by atoms with E-state index in [0.717, 1.165) is 29.1 Å². The van der Waals surface area contributed by atoms with Crippen molar-refractivity contribution in [2.45, 2.75) is 68.0 Å². The predicted octanol–water partition coefficient (Wildman–Crippen LogP) is 6.35. The summed E-state index contributed by atoms with van der Waals surface area (Å²) in [7, 11) is -10.4. The quantitative estimate of drug-likeness (QED) is 0.307. The summed E-state index contributed by atoms with van der Waals surface area (Å²) in [5.74, 6) is -3.84. The molecule has 0 radical (unpaired) electrons. The van der Waals surface area contributed by atoms with Gasteiger partial charge in [0.05, 0.1) is 0 Å². The van der Waals surface area contributed by atoms with Crippen LogP contribution in [0.15, 0.2) is 47.6 Å². The number of aromatic nitrogens is 1. The Morgan fingerprint density at radius 3 is 2.38 bits per heavy atom. The number of anilines is 1. The molecule has 1 aliphatic carbocycles. The molecule has 2 amide bonds. The van der Waals surface area contributed by atoms with Crippen molar-refractivity contribution < 1.29 is 33.4 Å². The summed E-state index contributed by atoms with van der Waals surface area (Å²) >= 11 is 0. The fourth-order valence-corrected chi connectivity index (χ4v) is 5.89. The minimum Gasteiger partial charge on any atom is -0.351 e. The van der Waals surface area contributed by atoms with Crippen LogP contribution in [0.1, 0.15) is 56.6 Å². The van der Waals surface area contributed by atoms with E-state index in [9.17, 15) is 38.7 Å². The monoisotopic (exact) mass is 575 g/mol. The molecule has 2 heterocycles. The van der Waals surface area contributed by atoms with Crippen molar-refractivity contribution in [3.63, 3.8) is 0 Å². The number of benzene rings is 1. The Morgan fingerprint density at radius 1 is 1.08 bits per heavy atom. The Labute approximate surface area is 221 Å². The number of hydrogen-bond donors (Lipinski definition) is 1. The minimum absolute atomic E-state index is 0.122. The van der Waals surface area contributed by atoms with Crippen molar-refractivity contribution in [1.29, 1.82) is 5.26 Å². The first-order valence-electron chi connectivity index (χ1n) is 12.4. The van der Waals surface area contributed by atoms with Gasteiger partial charge in [-0.1, -0.05) is 44.8 Å². The molecule has 14 heteroatoms. The zero-order valence-corrected chi connectivity index (χ0v) is 21.5. The second-order valence-corrected chi connectivity index (χ2v) is 12.2. The maximum Gasteiger partial charge on any atom is 0.313 e. The summed E-state index contributed by atoms with van der Waals surface area (Å²) in [5, 5.41) is 12.4. The van der Waals surface area contributed by atoms with Crippen LogP contribution < -0.4 is 10.2 Å². The van der Waals surface area contributed by atoms with Gasteiger partial charge in [0.15, 0.2) is 6.19 Å². The summed E-state index contributed by atoms with van der Waals surface area (Å²) in [6, 6.07) is 0.696. The third kappa shape index (κ3) is 6.41. The van der Waals surface area contributed by atoms with E-state index in [2.05, 4.69) is 10.3 Å². The maximum atomic E-state index is 14.7. The van der Waals surface area contributed by atoms with E-state index < -0.39 is 50.5 Å². The molecule has 2 aliphatic rings. The first-order chi connectivity index (χ1) is 18.2. The zero-order chi connectivity index (χ0) is 28.5. The number of carbonyl (C=O) groups is 2. The SMILES string of the molecule is N#CN1CCC[C@@H]1C(=O)N(c1ccc(S(F)(F)(F)(F)F)c(F)c1)C(C(=O)NC1CCCCC1)c1cccnc1. The Hall–Kier alpha value is -3.47. The van der Waals surface area contributed by atoms with Crippen molar-refractivity contribution in [1.82, 2.24) is 15.2 Å². The predicted molar refractivity (Wildman–Crippen MR) is 133 cm³/mol. The van der Waals surface area contributed by atoms with Gasteiger partial charge in [0.25, 0.3) is 5.91 Å². The molecule has 2 atom stereocenters. The average Bonchev–Trinajstić information content (AvgIpc) is 3.35. The molecule has 1 aliphatic heterocycles. The van der Waals surface area contributed by atoms with E-state index in [4.69, 9.17) is 0 Å². The number of pyridine rings is 1. The molecule has 1 N–H and O–H groups in total. The van der Waals surface area contributed by atoms with E-state index in [0.29, 0.717) is 25.3 Å². The molecule has 1 saturated heterocycles. The van der Waals surface area contributed by atoms with Crippen LogP contribution in [0.4, 0.5) is 29.5 Å².